The molecule has 0 unspecified atom stereocenters. The number of nitrogens with one attached hydrogen (secondary N) is 2. The molecule has 0 bridgehead atoms. The lowest BCUT2D eigenvalue weighted by Gasteiger charge is -2.07. The SMILES string of the molecule is Cc1nn(Cc2ccc(Cl)c(Cl)c2)c(C)c1NC(=O)c1n[nH]c(Br)c1Br. The van der Waals surface area contributed by atoms with E-state index in [0.29, 0.717) is 37.0 Å². The number of halogens is 4. The monoisotopic (exact) mass is 519 g/mol. The highest BCUT2D eigenvalue weighted by molar-refractivity contribution is 9.13. The maximum Gasteiger partial charge on any atom is 0.277 e. The van der Waals surface area contributed by atoms with Gasteiger partial charge >= 0.3 is 0 Å². The number of anilines is 1. The molecule has 0 atom stereocenters. The van der Waals surface area contributed by atoms with Gasteiger partial charge in [0.05, 0.1) is 38.1 Å². The molecule has 1 aromatic carbocycles. The molecule has 0 spiro atoms. The summed E-state index contributed by atoms with van der Waals surface area (Å²) in [4.78, 5) is 12.5. The highest BCUT2D eigenvalue weighted by Gasteiger charge is 2.20. The van der Waals surface area contributed by atoms with E-state index in [2.05, 4.69) is 52.5 Å². The molecule has 0 fully saturated rings. The van der Waals surface area contributed by atoms with Crippen LogP contribution in [0.2, 0.25) is 10.0 Å². The van der Waals surface area contributed by atoms with Crippen LogP contribution in [-0.4, -0.2) is 25.9 Å². The molecule has 0 saturated heterocycles. The van der Waals surface area contributed by atoms with Crippen molar-refractivity contribution in [3.05, 3.63) is 60.0 Å². The van der Waals surface area contributed by atoms with Crippen LogP contribution in [0, 0.1) is 13.8 Å². The van der Waals surface area contributed by atoms with Crippen molar-refractivity contribution in [2.45, 2.75) is 20.4 Å². The summed E-state index contributed by atoms with van der Waals surface area (Å²) in [5.41, 5.74) is 3.41. The molecule has 3 rings (SSSR count). The van der Waals surface area contributed by atoms with Gasteiger partial charge in [-0.2, -0.15) is 10.2 Å². The average Bonchev–Trinajstić information content (AvgIpc) is 3.05. The summed E-state index contributed by atoms with van der Waals surface area (Å²) in [6, 6.07) is 5.44. The number of aromatic amines is 1. The van der Waals surface area contributed by atoms with E-state index in [0.717, 1.165) is 11.3 Å². The fourth-order valence-corrected chi connectivity index (χ4v) is 3.43. The summed E-state index contributed by atoms with van der Waals surface area (Å²) in [6.45, 7) is 4.24. The van der Waals surface area contributed by atoms with Gasteiger partial charge in [-0.3, -0.25) is 14.6 Å². The van der Waals surface area contributed by atoms with Gasteiger partial charge in [-0.15, -0.1) is 0 Å². The largest absolute Gasteiger partial charge is 0.317 e. The zero-order chi connectivity index (χ0) is 19.0. The molecule has 2 N–H and O–H groups in total. The summed E-state index contributed by atoms with van der Waals surface area (Å²) < 4.78 is 2.97. The number of rotatable bonds is 4. The van der Waals surface area contributed by atoms with Gasteiger partial charge in [-0.1, -0.05) is 29.3 Å². The van der Waals surface area contributed by atoms with Crippen molar-refractivity contribution in [1.29, 1.82) is 0 Å². The molecule has 136 valence electrons. The lowest BCUT2D eigenvalue weighted by Crippen LogP contribution is -2.14. The third-order valence-electron chi connectivity index (χ3n) is 3.82. The van der Waals surface area contributed by atoms with Crippen LogP contribution in [0.25, 0.3) is 0 Å². The molecule has 0 aliphatic rings. The highest BCUT2D eigenvalue weighted by atomic mass is 79.9. The topological polar surface area (TPSA) is 75.6 Å². The third kappa shape index (κ3) is 3.83. The Morgan fingerprint density at radius 2 is 2.00 bits per heavy atom. The first-order valence-electron chi connectivity index (χ1n) is 7.46. The number of nitrogens with zero attached hydrogens (tertiary/aromatic N) is 3. The van der Waals surface area contributed by atoms with Gasteiger partial charge in [0.1, 0.15) is 4.60 Å². The van der Waals surface area contributed by atoms with Gasteiger partial charge in [-0.25, -0.2) is 0 Å². The van der Waals surface area contributed by atoms with Crippen LogP contribution in [0.3, 0.4) is 0 Å². The molecule has 2 aromatic heterocycles. The molecule has 26 heavy (non-hydrogen) atoms. The van der Waals surface area contributed by atoms with Crippen molar-refractivity contribution in [3.8, 4) is 0 Å². The van der Waals surface area contributed by atoms with Gasteiger partial charge in [0, 0.05) is 0 Å². The summed E-state index contributed by atoms with van der Waals surface area (Å²) in [5.74, 6) is -0.334. The van der Waals surface area contributed by atoms with E-state index in [-0.39, 0.29) is 11.6 Å². The summed E-state index contributed by atoms with van der Waals surface area (Å²) >= 11 is 18.6. The number of carbonyl (C=O) groups excluding carboxylic acids is 1. The molecule has 2 heterocycles. The minimum absolute atomic E-state index is 0.257. The molecular formula is C16H13Br2Cl2N5O. The normalized spacial score (nSPS) is 11.0. The summed E-state index contributed by atoms with van der Waals surface area (Å²) in [6.07, 6.45) is 0. The molecule has 6 nitrogen and oxygen atoms in total. The van der Waals surface area contributed by atoms with Crippen LogP contribution in [0.15, 0.2) is 27.3 Å². The van der Waals surface area contributed by atoms with Crippen molar-refractivity contribution in [2.24, 2.45) is 0 Å². The van der Waals surface area contributed by atoms with Gasteiger partial charge in [-0.05, 0) is 63.4 Å². The lowest BCUT2D eigenvalue weighted by molar-refractivity contribution is 0.102. The lowest BCUT2D eigenvalue weighted by atomic mass is 10.2. The van der Waals surface area contributed by atoms with Crippen molar-refractivity contribution < 1.29 is 4.79 Å². The molecule has 10 heteroatoms. The van der Waals surface area contributed by atoms with E-state index in [1.165, 1.54) is 0 Å². The summed E-state index contributed by atoms with van der Waals surface area (Å²) in [5, 5.41) is 15.1. The van der Waals surface area contributed by atoms with Gasteiger partial charge in [0.2, 0.25) is 0 Å². The van der Waals surface area contributed by atoms with E-state index in [4.69, 9.17) is 23.2 Å². The van der Waals surface area contributed by atoms with Crippen molar-refractivity contribution >= 4 is 66.7 Å². The minimum Gasteiger partial charge on any atom is -0.317 e. The zero-order valence-electron chi connectivity index (χ0n) is 13.7. The van der Waals surface area contributed by atoms with Gasteiger partial charge in [0.15, 0.2) is 5.69 Å². The van der Waals surface area contributed by atoms with Gasteiger partial charge in [0.25, 0.3) is 5.91 Å². The van der Waals surface area contributed by atoms with E-state index < -0.39 is 0 Å². The Kier molecular flexibility index (Phi) is 5.76. The Morgan fingerprint density at radius 1 is 1.27 bits per heavy atom. The van der Waals surface area contributed by atoms with Gasteiger partial charge < -0.3 is 5.32 Å². The highest BCUT2D eigenvalue weighted by Crippen LogP contribution is 2.27. The number of H-pyrrole nitrogens is 1. The van der Waals surface area contributed by atoms with E-state index in [1.54, 1.807) is 16.8 Å². The Hall–Kier alpha value is -1.35. The number of aromatic nitrogens is 4. The standard InChI is InChI=1S/C16H13Br2Cl2N5O/c1-7-13(21-16(26)14-12(17)15(18)23-22-14)8(2)25(24-7)6-9-3-4-10(19)11(20)5-9/h3-5H,6H2,1-2H3,(H,21,26)(H,22,23). The first-order valence-corrected chi connectivity index (χ1v) is 9.80. The molecule has 3 aromatic rings. The molecule has 0 aliphatic carbocycles. The fourth-order valence-electron chi connectivity index (χ4n) is 2.47. The molecule has 0 aliphatic heterocycles. The first-order chi connectivity index (χ1) is 12.3. The van der Waals surface area contributed by atoms with Crippen LogP contribution >= 0.6 is 55.1 Å². The molecule has 0 radical (unpaired) electrons. The first kappa shape index (κ1) is 19.4. The smallest absolute Gasteiger partial charge is 0.277 e. The predicted molar refractivity (Wildman–Crippen MR) is 109 cm³/mol. The second kappa shape index (κ2) is 7.72. The third-order valence-corrected chi connectivity index (χ3v) is 6.43. The molecular weight excluding hydrogens is 509 g/mol. The average molecular weight is 522 g/mol. The Balaban J connectivity index is 1.84. The number of amides is 1. The number of aryl methyl sites for hydroxylation is 1. The Labute approximate surface area is 176 Å². The van der Waals surface area contributed by atoms with Crippen molar-refractivity contribution in [2.75, 3.05) is 5.32 Å². The van der Waals surface area contributed by atoms with Crippen LogP contribution in [0.4, 0.5) is 5.69 Å². The van der Waals surface area contributed by atoms with E-state index in [1.807, 2.05) is 19.9 Å². The van der Waals surface area contributed by atoms with E-state index >= 15 is 0 Å². The number of hydrogen-bond acceptors (Lipinski definition) is 3. The second-order valence-electron chi connectivity index (χ2n) is 5.61. The molecule has 1 amide bonds. The van der Waals surface area contributed by atoms with E-state index in [9.17, 15) is 4.79 Å². The Bertz CT molecular complexity index is 999. The number of hydrogen-bond donors (Lipinski definition) is 2. The van der Waals surface area contributed by atoms with Crippen molar-refractivity contribution in [1.82, 2.24) is 20.0 Å². The Morgan fingerprint density at radius 3 is 2.62 bits per heavy atom. The van der Waals surface area contributed by atoms with Crippen molar-refractivity contribution in [3.63, 3.8) is 0 Å². The number of carbonyl (C=O) groups is 1. The second-order valence-corrected chi connectivity index (χ2v) is 8.01. The van der Waals surface area contributed by atoms with Crippen LogP contribution in [0.5, 0.6) is 0 Å². The molecule has 0 saturated carbocycles. The fraction of sp³-hybridized carbons (Fsp3) is 0.188. The van der Waals surface area contributed by atoms with Crippen LogP contribution in [-0.2, 0) is 6.54 Å². The zero-order valence-corrected chi connectivity index (χ0v) is 18.4. The quantitative estimate of drug-likeness (QED) is 0.485. The maximum absolute atomic E-state index is 12.5. The minimum atomic E-state index is -0.334. The van der Waals surface area contributed by atoms with Crippen LogP contribution < -0.4 is 5.32 Å². The number of benzene rings is 1. The summed E-state index contributed by atoms with van der Waals surface area (Å²) in [7, 11) is 0. The van der Waals surface area contributed by atoms with Crippen LogP contribution in [0.1, 0.15) is 27.4 Å². The maximum atomic E-state index is 12.5. The predicted octanol–water partition coefficient (Wildman–Crippen LogP) is 5.36.